The number of rotatable bonds is 6. The Morgan fingerprint density at radius 3 is 2.87 bits per heavy atom. The van der Waals surface area contributed by atoms with Crippen LogP contribution in [0, 0.1) is 6.92 Å². The highest BCUT2D eigenvalue weighted by Gasteiger charge is 2.00. The largest absolute Gasteiger partial charge is 0.309 e. The van der Waals surface area contributed by atoms with Gasteiger partial charge in [-0.1, -0.05) is 13.0 Å². The van der Waals surface area contributed by atoms with Crippen molar-refractivity contribution in [1.29, 1.82) is 0 Å². The Hall–Kier alpha value is -0.540. The lowest BCUT2D eigenvalue weighted by molar-refractivity contribution is 0.595. The van der Waals surface area contributed by atoms with Crippen molar-refractivity contribution in [2.75, 3.05) is 11.5 Å². The molecule has 0 spiro atoms. The average Bonchev–Trinajstić information content (AvgIpc) is 2.25. The summed E-state index contributed by atoms with van der Waals surface area (Å²) in [4.78, 5) is 4.27. The van der Waals surface area contributed by atoms with Gasteiger partial charge in [0.15, 0.2) is 0 Å². The van der Waals surface area contributed by atoms with Gasteiger partial charge in [-0.3, -0.25) is 4.98 Å². The lowest BCUT2D eigenvalue weighted by Gasteiger charge is -2.12. The molecule has 0 fully saturated rings. The average molecular weight is 224 g/mol. The Labute approximate surface area is 96.9 Å². The Bertz CT molecular complexity index is 271. The van der Waals surface area contributed by atoms with E-state index in [0.717, 1.165) is 12.2 Å². The van der Waals surface area contributed by atoms with Gasteiger partial charge in [0.2, 0.25) is 0 Å². The van der Waals surface area contributed by atoms with Crippen LogP contribution < -0.4 is 5.32 Å². The number of aryl methyl sites for hydroxylation is 1. The fourth-order valence-corrected chi connectivity index (χ4v) is 1.96. The molecule has 15 heavy (non-hydrogen) atoms. The van der Waals surface area contributed by atoms with Gasteiger partial charge in [-0.15, -0.1) is 0 Å². The fraction of sp³-hybridized carbons (Fsp3) is 0.583. The molecule has 0 saturated carbocycles. The number of aromatic nitrogens is 1. The molecule has 1 unspecified atom stereocenters. The minimum absolute atomic E-state index is 0.566. The summed E-state index contributed by atoms with van der Waals surface area (Å²) in [7, 11) is 0. The molecule has 0 radical (unpaired) electrons. The van der Waals surface area contributed by atoms with E-state index in [1.165, 1.54) is 17.1 Å². The monoisotopic (exact) mass is 224 g/mol. The maximum atomic E-state index is 4.27. The standard InChI is InChI=1S/C12H20N2S/c1-4-15-9-11(3)14-8-12-6-5-10(2)13-7-12/h5-7,11,14H,4,8-9H2,1-3H3. The van der Waals surface area contributed by atoms with Crippen molar-refractivity contribution < 1.29 is 0 Å². The van der Waals surface area contributed by atoms with Crippen LogP contribution in [-0.2, 0) is 6.54 Å². The van der Waals surface area contributed by atoms with Gasteiger partial charge in [-0.2, -0.15) is 11.8 Å². The normalized spacial score (nSPS) is 12.7. The zero-order valence-corrected chi connectivity index (χ0v) is 10.6. The molecule has 2 nitrogen and oxygen atoms in total. The second-order valence-corrected chi connectivity index (χ2v) is 5.07. The van der Waals surface area contributed by atoms with Crippen molar-refractivity contribution in [2.45, 2.75) is 33.4 Å². The predicted molar refractivity (Wildman–Crippen MR) is 68.3 cm³/mol. The summed E-state index contributed by atoms with van der Waals surface area (Å²) in [6, 6.07) is 4.76. The summed E-state index contributed by atoms with van der Waals surface area (Å²) in [5, 5.41) is 3.49. The van der Waals surface area contributed by atoms with Gasteiger partial charge in [0.1, 0.15) is 0 Å². The third-order valence-corrected chi connectivity index (χ3v) is 3.34. The van der Waals surface area contributed by atoms with Crippen molar-refractivity contribution in [3.63, 3.8) is 0 Å². The number of hydrogen-bond acceptors (Lipinski definition) is 3. The first kappa shape index (κ1) is 12.5. The summed E-state index contributed by atoms with van der Waals surface area (Å²) in [5.41, 5.74) is 2.34. The van der Waals surface area contributed by atoms with Crippen molar-refractivity contribution in [3.05, 3.63) is 29.6 Å². The van der Waals surface area contributed by atoms with Crippen molar-refractivity contribution >= 4 is 11.8 Å². The van der Waals surface area contributed by atoms with Crippen LogP contribution in [0.4, 0.5) is 0 Å². The summed E-state index contributed by atoms with van der Waals surface area (Å²) in [6.45, 7) is 7.35. The van der Waals surface area contributed by atoms with E-state index in [-0.39, 0.29) is 0 Å². The summed E-state index contributed by atoms with van der Waals surface area (Å²) < 4.78 is 0. The van der Waals surface area contributed by atoms with Gasteiger partial charge in [-0.05, 0) is 31.2 Å². The first-order chi connectivity index (χ1) is 7.22. The molecule has 0 bridgehead atoms. The molecular formula is C12H20N2S. The zero-order valence-electron chi connectivity index (χ0n) is 9.79. The van der Waals surface area contributed by atoms with Gasteiger partial charge in [0.05, 0.1) is 0 Å². The quantitative estimate of drug-likeness (QED) is 0.804. The Morgan fingerprint density at radius 1 is 1.47 bits per heavy atom. The van der Waals surface area contributed by atoms with Crippen LogP contribution in [0.2, 0.25) is 0 Å². The maximum absolute atomic E-state index is 4.27. The zero-order chi connectivity index (χ0) is 11.1. The molecule has 0 saturated heterocycles. The molecular weight excluding hydrogens is 204 g/mol. The number of nitrogens with zero attached hydrogens (tertiary/aromatic N) is 1. The van der Waals surface area contributed by atoms with Crippen LogP contribution >= 0.6 is 11.8 Å². The minimum Gasteiger partial charge on any atom is -0.309 e. The molecule has 1 aromatic heterocycles. The van der Waals surface area contributed by atoms with E-state index in [2.05, 4.69) is 36.3 Å². The molecule has 1 atom stereocenters. The van der Waals surface area contributed by atoms with Crippen molar-refractivity contribution in [1.82, 2.24) is 10.3 Å². The van der Waals surface area contributed by atoms with Crippen LogP contribution in [0.25, 0.3) is 0 Å². The van der Waals surface area contributed by atoms with Gasteiger partial charge in [0.25, 0.3) is 0 Å². The van der Waals surface area contributed by atoms with Crippen molar-refractivity contribution in [2.24, 2.45) is 0 Å². The van der Waals surface area contributed by atoms with Crippen LogP contribution in [-0.4, -0.2) is 22.5 Å². The number of thioether (sulfide) groups is 1. The lowest BCUT2D eigenvalue weighted by Crippen LogP contribution is -2.27. The minimum atomic E-state index is 0.566. The Balaban J connectivity index is 2.27. The third kappa shape index (κ3) is 5.19. The molecule has 0 aliphatic rings. The third-order valence-electron chi connectivity index (χ3n) is 2.20. The van der Waals surface area contributed by atoms with Crippen molar-refractivity contribution in [3.8, 4) is 0 Å². The molecule has 0 aliphatic heterocycles. The van der Waals surface area contributed by atoms with E-state index >= 15 is 0 Å². The second kappa shape index (κ2) is 6.85. The predicted octanol–water partition coefficient (Wildman–Crippen LogP) is 2.62. The van der Waals surface area contributed by atoms with E-state index in [4.69, 9.17) is 0 Å². The molecule has 3 heteroatoms. The van der Waals surface area contributed by atoms with E-state index < -0.39 is 0 Å². The smallest absolute Gasteiger partial charge is 0.0372 e. The fourth-order valence-electron chi connectivity index (χ4n) is 1.25. The Kier molecular flexibility index (Phi) is 5.73. The molecule has 1 heterocycles. The molecule has 84 valence electrons. The summed E-state index contributed by atoms with van der Waals surface area (Å²) >= 11 is 1.98. The first-order valence-electron chi connectivity index (χ1n) is 5.45. The van der Waals surface area contributed by atoms with Crippen LogP contribution in [0.3, 0.4) is 0 Å². The molecule has 0 aliphatic carbocycles. The number of hydrogen-bond donors (Lipinski definition) is 1. The van der Waals surface area contributed by atoms with E-state index in [1.807, 2.05) is 24.9 Å². The SMILES string of the molecule is CCSCC(C)NCc1ccc(C)nc1. The molecule has 1 rings (SSSR count). The van der Waals surface area contributed by atoms with Crippen LogP contribution in [0.5, 0.6) is 0 Å². The van der Waals surface area contributed by atoms with E-state index in [0.29, 0.717) is 6.04 Å². The van der Waals surface area contributed by atoms with Crippen LogP contribution in [0.15, 0.2) is 18.3 Å². The first-order valence-corrected chi connectivity index (χ1v) is 6.60. The van der Waals surface area contributed by atoms with Gasteiger partial charge in [-0.25, -0.2) is 0 Å². The Morgan fingerprint density at radius 2 is 2.27 bits per heavy atom. The molecule has 1 N–H and O–H groups in total. The lowest BCUT2D eigenvalue weighted by atomic mass is 10.2. The highest BCUT2D eigenvalue weighted by Crippen LogP contribution is 2.03. The van der Waals surface area contributed by atoms with Gasteiger partial charge < -0.3 is 5.32 Å². The molecule has 1 aromatic rings. The highest BCUT2D eigenvalue weighted by atomic mass is 32.2. The second-order valence-electron chi connectivity index (χ2n) is 3.75. The van der Waals surface area contributed by atoms with E-state index in [9.17, 15) is 0 Å². The number of nitrogens with one attached hydrogen (secondary N) is 1. The van der Waals surface area contributed by atoms with Gasteiger partial charge in [0, 0.05) is 30.2 Å². The maximum Gasteiger partial charge on any atom is 0.0372 e. The van der Waals surface area contributed by atoms with Gasteiger partial charge >= 0.3 is 0 Å². The highest BCUT2D eigenvalue weighted by molar-refractivity contribution is 7.99. The topological polar surface area (TPSA) is 24.9 Å². The molecule has 0 aromatic carbocycles. The molecule has 0 amide bonds. The van der Waals surface area contributed by atoms with E-state index in [1.54, 1.807) is 0 Å². The summed E-state index contributed by atoms with van der Waals surface area (Å²) in [5.74, 6) is 2.37. The summed E-state index contributed by atoms with van der Waals surface area (Å²) in [6.07, 6.45) is 1.95. The van der Waals surface area contributed by atoms with Crippen LogP contribution in [0.1, 0.15) is 25.1 Å². The number of pyridine rings is 1.